The fourth-order valence-electron chi connectivity index (χ4n) is 6.84. The molecule has 0 radical (unpaired) electrons. The number of anilines is 2. The Morgan fingerprint density at radius 1 is 1.05 bits per heavy atom. The third-order valence-electron chi connectivity index (χ3n) is 9.30. The number of rotatable bonds is 5. The maximum Gasteiger partial charge on any atom is 1.00 e. The van der Waals surface area contributed by atoms with Crippen LogP contribution in [0.5, 0.6) is 0 Å². The van der Waals surface area contributed by atoms with E-state index in [1.807, 2.05) is 6.92 Å². The molecule has 0 aliphatic heterocycles. The molecular weight excluding hydrogens is 578 g/mol. The number of carboxylic acids is 1. The quantitative estimate of drug-likeness (QED) is 0.406. The van der Waals surface area contributed by atoms with Gasteiger partial charge >= 0.3 is 29.6 Å². The van der Waals surface area contributed by atoms with Gasteiger partial charge in [-0.1, -0.05) is 99.8 Å². The smallest absolute Gasteiger partial charge is 0.545 e. The molecule has 218 valence electrons. The van der Waals surface area contributed by atoms with E-state index in [-0.39, 0.29) is 51.9 Å². The summed E-state index contributed by atoms with van der Waals surface area (Å²) in [5, 5.41) is 14.9. The number of aromatic carboxylic acids is 1. The van der Waals surface area contributed by atoms with Crippen molar-refractivity contribution in [2.45, 2.75) is 78.1 Å². The Bertz CT molecular complexity index is 1480. The number of hydrogen-bond donors (Lipinski definition) is 2. The van der Waals surface area contributed by atoms with Crippen molar-refractivity contribution in [3.05, 3.63) is 92.5 Å². The predicted molar refractivity (Wildman–Crippen MR) is 166 cm³/mol. The van der Waals surface area contributed by atoms with Crippen LogP contribution in [0.3, 0.4) is 0 Å². The van der Waals surface area contributed by atoms with Crippen molar-refractivity contribution >= 4 is 46.5 Å². The Balaban J connectivity index is 0.000000228. The SMILES string of the molecule is CC(C)c1ccc2c(c1)CCC1C(C)(C(N)=O)CCCC21C.Cc1ccc(Cl)c(Nc2ccccc2C(=O)[O-])c1Cl.[Na+]. The molecule has 3 atom stereocenters. The molecule has 3 aromatic rings. The summed E-state index contributed by atoms with van der Waals surface area (Å²) in [7, 11) is 0. The molecule has 3 N–H and O–H groups in total. The molecule has 0 saturated heterocycles. The minimum absolute atomic E-state index is 0. The molecule has 1 amide bonds. The van der Waals surface area contributed by atoms with Crippen molar-refractivity contribution in [2.75, 3.05) is 5.32 Å². The molecule has 5 nitrogen and oxygen atoms in total. The molecule has 3 aromatic carbocycles. The van der Waals surface area contributed by atoms with Crippen LogP contribution in [0.2, 0.25) is 10.0 Å². The Labute approximate surface area is 281 Å². The average molecular weight is 618 g/mol. The molecule has 0 bridgehead atoms. The first-order valence-corrected chi connectivity index (χ1v) is 15.0. The molecule has 42 heavy (non-hydrogen) atoms. The molecule has 5 rings (SSSR count). The predicted octanol–water partition coefficient (Wildman–Crippen LogP) is 4.72. The van der Waals surface area contributed by atoms with Crippen LogP contribution in [0.15, 0.2) is 54.6 Å². The summed E-state index contributed by atoms with van der Waals surface area (Å²) in [6.45, 7) is 10.8. The van der Waals surface area contributed by atoms with Crippen molar-refractivity contribution in [3.63, 3.8) is 0 Å². The number of benzene rings is 3. The molecule has 0 heterocycles. The van der Waals surface area contributed by atoms with Gasteiger partial charge in [0.05, 0.1) is 21.7 Å². The summed E-state index contributed by atoms with van der Waals surface area (Å²) < 4.78 is 0. The molecule has 8 heteroatoms. The second-order valence-corrected chi connectivity index (χ2v) is 13.0. The number of carboxylic acid groups (broad SMARTS) is 1. The zero-order chi connectivity index (χ0) is 30.1. The van der Waals surface area contributed by atoms with Gasteiger partial charge in [0.25, 0.3) is 0 Å². The van der Waals surface area contributed by atoms with Crippen LogP contribution in [0, 0.1) is 18.3 Å². The molecule has 1 saturated carbocycles. The van der Waals surface area contributed by atoms with E-state index in [1.165, 1.54) is 29.2 Å². The minimum Gasteiger partial charge on any atom is -0.545 e. The largest absolute Gasteiger partial charge is 1.00 e. The van der Waals surface area contributed by atoms with Crippen LogP contribution in [0.4, 0.5) is 11.4 Å². The second-order valence-electron chi connectivity index (χ2n) is 12.2. The average Bonchev–Trinajstić information content (AvgIpc) is 2.93. The van der Waals surface area contributed by atoms with E-state index < -0.39 is 5.97 Å². The van der Waals surface area contributed by atoms with Crippen molar-refractivity contribution in [1.82, 2.24) is 0 Å². The van der Waals surface area contributed by atoms with Gasteiger partial charge in [0.2, 0.25) is 5.91 Å². The van der Waals surface area contributed by atoms with Gasteiger partial charge in [-0.2, -0.15) is 0 Å². The van der Waals surface area contributed by atoms with Gasteiger partial charge in [-0.15, -0.1) is 0 Å². The Kier molecular flexibility index (Phi) is 11.3. The normalized spacial score (nSPS) is 22.5. The molecule has 2 aliphatic rings. The van der Waals surface area contributed by atoms with Gasteiger partial charge in [0.1, 0.15) is 0 Å². The van der Waals surface area contributed by atoms with Gasteiger partial charge in [0, 0.05) is 16.7 Å². The van der Waals surface area contributed by atoms with Gasteiger partial charge in [-0.25, -0.2) is 0 Å². The van der Waals surface area contributed by atoms with E-state index in [9.17, 15) is 14.7 Å². The summed E-state index contributed by atoms with van der Waals surface area (Å²) in [5.41, 5.74) is 11.7. The van der Waals surface area contributed by atoms with Crippen LogP contribution in [0.25, 0.3) is 0 Å². The number of amides is 1. The number of aryl methyl sites for hydroxylation is 2. The Morgan fingerprint density at radius 2 is 1.74 bits per heavy atom. The summed E-state index contributed by atoms with van der Waals surface area (Å²) in [6, 6.07) is 16.9. The van der Waals surface area contributed by atoms with Crippen molar-refractivity contribution in [3.8, 4) is 0 Å². The fourth-order valence-corrected chi connectivity index (χ4v) is 7.31. The van der Waals surface area contributed by atoms with Crippen LogP contribution in [0.1, 0.15) is 91.9 Å². The van der Waals surface area contributed by atoms with Crippen LogP contribution in [-0.2, 0) is 16.6 Å². The monoisotopic (exact) mass is 616 g/mol. The number of carbonyl (C=O) groups is 2. The topological polar surface area (TPSA) is 95.2 Å². The Hall–Kier alpha value is -2.02. The molecule has 0 aromatic heterocycles. The number of carbonyl (C=O) groups excluding carboxylic acids is 2. The summed E-state index contributed by atoms with van der Waals surface area (Å²) in [4.78, 5) is 23.2. The van der Waals surface area contributed by atoms with Gasteiger partial charge in [-0.3, -0.25) is 4.79 Å². The summed E-state index contributed by atoms with van der Waals surface area (Å²) in [5.74, 6) is -0.421. The van der Waals surface area contributed by atoms with E-state index in [0.29, 0.717) is 33.3 Å². The van der Waals surface area contributed by atoms with E-state index in [2.05, 4.69) is 51.2 Å². The first-order valence-electron chi connectivity index (χ1n) is 14.2. The zero-order valence-electron chi connectivity index (χ0n) is 25.4. The summed E-state index contributed by atoms with van der Waals surface area (Å²) in [6.07, 6.45) is 5.39. The van der Waals surface area contributed by atoms with E-state index in [1.54, 1.807) is 30.3 Å². The van der Waals surface area contributed by atoms with E-state index >= 15 is 0 Å². The van der Waals surface area contributed by atoms with Crippen molar-refractivity contribution < 1.29 is 44.3 Å². The summed E-state index contributed by atoms with van der Waals surface area (Å²) >= 11 is 12.2. The molecule has 0 spiro atoms. The third-order valence-corrected chi connectivity index (χ3v) is 10.1. The van der Waals surface area contributed by atoms with E-state index in [4.69, 9.17) is 28.9 Å². The molecular formula is C34H39Cl2N2NaO3. The number of primary amides is 1. The zero-order valence-corrected chi connectivity index (χ0v) is 29.0. The van der Waals surface area contributed by atoms with Crippen molar-refractivity contribution in [2.24, 2.45) is 17.1 Å². The number of para-hydroxylation sites is 1. The first kappa shape index (κ1) is 34.5. The first-order chi connectivity index (χ1) is 19.3. The number of halogens is 2. The number of hydrogen-bond acceptors (Lipinski definition) is 4. The molecule has 1 fully saturated rings. The van der Waals surface area contributed by atoms with Gasteiger partial charge in [-0.05, 0) is 84.2 Å². The molecule has 3 unspecified atom stereocenters. The second kappa shape index (κ2) is 13.7. The maximum atomic E-state index is 12.2. The van der Waals surface area contributed by atoms with Gasteiger partial charge in [0.15, 0.2) is 0 Å². The maximum absolute atomic E-state index is 12.2. The standard InChI is InChI=1S/C20H29NO.C14H11Cl2NO2.Na/c1-13(2)14-6-8-16-15(12-14)7-9-17-19(16,3)10-5-11-20(17,4)18(21)22;1-8-6-7-10(15)13(12(8)16)17-11-5-3-2-4-9(11)14(18)19;/h6,8,12-13,17H,5,7,9-11H2,1-4H3,(H2,21,22);2-7,17H,1H3,(H,18,19);/q;;+1/p-1. The fraction of sp³-hybridized carbons (Fsp3) is 0.412. The van der Waals surface area contributed by atoms with Crippen molar-refractivity contribution in [1.29, 1.82) is 0 Å². The van der Waals surface area contributed by atoms with Crippen LogP contribution < -0.4 is 45.7 Å². The number of nitrogens with two attached hydrogens (primary N) is 1. The minimum atomic E-state index is -1.26. The van der Waals surface area contributed by atoms with Crippen LogP contribution >= 0.6 is 23.2 Å². The van der Waals surface area contributed by atoms with Crippen LogP contribution in [-0.4, -0.2) is 11.9 Å². The molecule has 2 aliphatic carbocycles. The third kappa shape index (κ3) is 6.71. The number of fused-ring (bicyclic) bond motifs is 3. The van der Waals surface area contributed by atoms with E-state index in [0.717, 1.165) is 31.2 Å². The number of nitrogens with one attached hydrogen (secondary N) is 1. The Morgan fingerprint density at radius 3 is 2.38 bits per heavy atom. The van der Waals surface area contributed by atoms with Gasteiger partial charge < -0.3 is 21.0 Å².